The zero-order valence-electron chi connectivity index (χ0n) is 5.76. The van der Waals surface area contributed by atoms with Crippen LogP contribution in [0.3, 0.4) is 0 Å². The fourth-order valence-corrected chi connectivity index (χ4v) is 0.997. The van der Waals surface area contributed by atoms with E-state index in [0.29, 0.717) is 0 Å². The van der Waals surface area contributed by atoms with Crippen LogP contribution in [0.1, 0.15) is 17.9 Å². The summed E-state index contributed by atoms with van der Waals surface area (Å²) >= 11 is 0. The molecule has 1 rings (SSSR count). The minimum absolute atomic E-state index is 0.132. The van der Waals surface area contributed by atoms with Crippen molar-refractivity contribution in [1.29, 1.82) is 0 Å². The van der Waals surface area contributed by atoms with Crippen molar-refractivity contribution in [3.63, 3.8) is 0 Å². The molecule has 0 fully saturated rings. The number of hydrogen-bond donors (Lipinski definition) is 1. The Bertz CT molecular complexity index is 314. The topological polar surface area (TPSA) is 80.4 Å². The Labute approximate surface area is 63.8 Å². The second kappa shape index (κ2) is 2.63. The molecule has 0 aromatic carbocycles. The Morgan fingerprint density at radius 3 is 2.73 bits per heavy atom. The standard InChI is InChI=1S/C5H7NO4S/c1-4(11(7,8)9)5-2-3-6-10-5/h2-4H,1H3,(H,7,8,9). The molecular weight excluding hydrogens is 170 g/mol. The number of nitrogens with zero attached hydrogens (tertiary/aromatic N) is 1. The molecule has 0 saturated carbocycles. The normalized spacial score (nSPS) is 14.7. The molecule has 0 saturated heterocycles. The summed E-state index contributed by atoms with van der Waals surface area (Å²) in [4.78, 5) is 0. The average Bonchev–Trinajstić information content (AvgIpc) is 2.34. The van der Waals surface area contributed by atoms with E-state index in [-0.39, 0.29) is 5.76 Å². The molecule has 5 nitrogen and oxygen atoms in total. The molecule has 1 heterocycles. The van der Waals surface area contributed by atoms with E-state index in [1.54, 1.807) is 0 Å². The lowest BCUT2D eigenvalue weighted by Crippen LogP contribution is -2.07. The van der Waals surface area contributed by atoms with Gasteiger partial charge in [-0.25, -0.2) is 0 Å². The van der Waals surface area contributed by atoms with Crippen molar-refractivity contribution in [3.8, 4) is 0 Å². The van der Waals surface area contributed by atoms with Crippen molar-refractivity contribution in [2.45, 2.75) is 12.2 Å². The van der Waals surface area contributed by atoms with E-state index < -0.39 is 15.4 Å². The van der Waals surface area contributed by atoms with Gasteiger partial charge in [0.2, 0.25) is 0 Å². The summed E-state index contributed by atoms with van der Waals surface area (Å²) in [6.07, 6.45) is 1.32. The quantitative estimate of drug-likeness (QED) is 0.670. The lowest BCUT2D eigenvalue weighted by atomic mass is 10.4. The number of rotatable bonds is 2. The minimum atomic E-state index is -4.06. The van der Waals surface area contributed by atoms with Crippen LogP contribution in [0.15, 0.2) is 16.8 Å². The lowest BCUT2D eigenvalue weighted by Gasteiger charge is -2.00. The largest absolute Gasteiger partial charge is 0.360 e. The van der Waals surface area contributed by atoms with Gasteiger partial charge in [-0.15, -0.1) is 0 Å². The summed E-state index contributed by atoms with van der Waals surface area (Å²) < 4.78 is 34.1. The highest BCUT2D eigenvalue weighted by molar-refractivity contribution is 7.86. The van der Waals surface area contributed by atoms with Gasteiger partial charge in [0.05, 0.1) is 6.20 Å². The summed E-state index contributed by atoms with van der Waals surface area (Å²) in [6, 6.07) is 1.39. The first-order valence-electron chi connectivity index (χ1n) is 2.88. The van der Waals surface area contributed by atoms with E-state index in [1.807, 2.05) is 0 Å². The second-order valence-electron chi connectivity index (χ2n) is 2.07. The molecule has 1 aromatic rings. The summed E-state index contributed by atoms with van der Waals surface area (Å²) in [6.45, 7) is 1.32. The van der Waals surface area contributed by atoms with Crippen molar-refractivity contribution in [3.05, 3.63) is 18.0 Å². The molecule has 0 aliphatic heterocycles. The molecule has 0 bridgehead atoms. The van der Waals surface area contributed by atoms with Crippen molar-refractivity contribution < 1.29 is 17.5 Å². The first-order chi connectivity index (χ1) is 5.02. The molecule has 1 aromatic heterocycles. The maximum Gasteiger partial charge on any atom is 0.274 e. The van der Waals surface area contributed by atoms with Gasteiger partial charge in [0.15, 0.2) is 5.76 Å². The maximum absolute atomic E-state index is 10.5. The second-order valence-corrected chi connectivity index (χ2v) is 3.81. The molecule has 0 spiro atoms. The average molecular weight is 177 g/mol. The smallest absolute Gasteiger partial charge is 0.274 e. The number of hydrogen-bond acceptors (Lipinski definition) is 4. The van der Waals surface area contributed by atoms with Crippen LogP contribution in [0.4, 0.5) is 0 Å². The predicted octanol–water partition coefficient (Wildman–Crippen LogP) is 0.623. The van der Waals surface area contributed by atoms with E-state index in [0.717, 1.165) is 0 Å². The van der Waals surface area contributed by atoms with Crippen LogP contribution in [0.25, 0.3) is 0 Å². The monoisotopic (exact) mass is 177 g/mol. The first-order valence-corrected chi connectivity index (χ1v) is 4.39. The van der Waals surface area contributed by atoms with Crippen LogP contribution in [0.5, 0.6) is 0 Å². The van der Waals surface area contributed by atoms with Crippen molar-refractivity contribution >= 4 is 10.1 Å². The van der Waals surface area contributed by atoms with Crippen LogP contribution >= 0.6 is 0 Å². The van der Waals surface area contributed by atoms with Crippen LogP contribution < -0.4 is 0 Å². The van der Waals surface area contributed by atoms with Gasteiger partial charge in [-0.1, -0.05) is 5.16 Å². The van der Waals surface area contributed by atoms with Gasteiger partial charge in [0.1, 0.15) is 5.25 Å². The van der Waals surface area contributed by atoms with Crippen molar-refractivity contribution in [1.82, 2.24) is 5.16 Å². The molecule has 1 N–H and O–H groups in total. The first kappa shape index (κ1) is 8.22. The Hall–Kier alpha value is -0.880. The molecule has 1 unspecified atom stereocenters. The van der Waals surface area contributed by atoms with Crippen molar-refractivity contribution in [2.24, 2.45) is 0 Å². The predicted molar refractivity (Wildman–Crippen MR) is 36.5 cm³/mol. The molecule has 6 heteroatoms. The summed E-state index contributed by atoms with van der Waals surface area (Å²) in [5, 5.41) is 2.26. The molecule has 11 heavy (non-hydrogen) atoms. The fraction of sp³-hybridized carbons (Fsp3) is 0.400. The highest BCUT2D eigenvalue weighted by Crippen LogP contribution is 2.18. The van der Waals surface area contributed by atoms with Crippen LogP contribution in [-0.4, -0.2) is 18.1 Å². The molecule has 0 aliphatic carbocycles. The van der Waals surface area contributed by atoms with Gasteiger partial charge in [0, 0.05) is 6.07 Å². The Morgan fingerprint density at radius 1 is 1.73 bits per heavy atom. The van der Waals surface area contributed by atoms with E-state index in [2.05, 4.69) is 9.68 Å². The van der Waals surface area contributed by atoms with Gasteiger partial charge >= 0.3 is 0 Å². The fourth-order valence-electron chi connectivity index (χ4n) is 0.582. The zero-order valence-corrected chi connectivity index (χ0v) is 6.58. The molecule has 0 aliphatic rings. The summed E-state index contributed by atoms with van der Waals surface area (Å²) in [5.41, 5.74) is 0. The third-order valence-corrected chi connectivity index (χ3v) is 2.43. The zero-order chi connectivity index (χ0) is 8.48. The molecule has 62 valence electrons. The van der Waals surface area contributed by atoms with Gasteiger partial charge in [-0.3, -0.25) is 4.55 Å². The van der Waals surface area contributed by atoms with E-state index in [4.69, 9.17) is 4.55 Å². The molecular formula is C5H7NO4S. The van der Waals surface area contributed by atoms with E-state index in [9.17, 15) is 8.42 Å². The van der Waals surface area contributed by atoms with Gasteiger partial charge in [-0.05, 0) is 6.92 Å². The highest BCUT2D eigenvalue weighted by Gasteiger charge is 2.22. The van der Waals surface area contributed by atoms with E-state index >= 15 is 0 Å². The van der Waals surface area contributed by atoms with Crippen molar-refractivity contribution in [2.75, 3.05) is 0 Å². The Morgan fingerprint density at radius 2 is 2.36 bits per heavy atom. The summed E-state index contributed by atoms with van der Waals surface area (Å²) in [7, 11) is -4.06. The Kier molecular flexibility index (Phi) is 1.97. The summed E-state index contributed by atoms with van der Waals surface area (Å²) in [5.74, 6) is 0.132. The van der Waals surface area contributed by atoms with Crippen LogP contribution in [0.2, 0.25) is 0 Å². The molecule has 0 radical (unpaired) electrons. The van der Waals surface area contributed by atoms with Crippen LogP contribution in [-0.2, 0) is 10.1 Å². The van der Waals surface area contributed by atoms with E-state index in [1.165, 1.54) is 19.2 Å². The Balaban J connectivity index is 2.97. The molecule has 0 amide bonds. The van der Waals surface area contributed by atoms with Gasteiger partial charge < -0.3 is 4.52 Å². The molecule has 1 atom stereocenters. The lowest BCUT2D eigenvalue weighted by molar-refractivity contribution is 0.373. The highest BCUT2D eigenvalue weighted by atomic mass is 32.2. The number of aromatic nitrogens is 1. The third-order valence-electron chi connectivity index (χ3n) is 1.31. The van der Waals surface area contributed by atoms with Gasteiger partial charge in [-0.2, -0.15) is 8.42 Å². The third kappa shape index (κ3) is 1.78. The van der Waals surface area contributed by atoms with Crippen LogP contribution in [0, 0.1) is 0 Å². The van der Waals surface area contributed by atoms with Gasteiger partial charge in [0.25, 0.3) is 10.1 Å². The SMILES string of the molecule is CC(c1ccno1)S(=O)(=O)O. The maximum atomic E-state index is 10.5. The minimum Gasteiger partial charge on any atom is -0.360 e.